The van der Waals surface area contributed by atoms with Crippen LogP contribution in [0.2, 0.25) is 0 Å². The fourth-order valence-corrected chi connectivity index (χ4v) is 2.45. The molecule has 0 spiro atoms. The lowest BCUT2D eigenvalue weighted by Crippen LogP contribution is -2.07. The summed E-state index contributed by atoms with van der Waals surface area (Å²) in [5, 5.41) is 8.28. The first kappa shape index (κ1) is 21.3. The monoisotopic (exact) mass is 382 g/mol. The molecule has 0 heterocycles. The predicted octanol–water partition coefficient (Wildman–Crippen LogP) is 6.15. The number of carbonyl (C=O) groups is 2. The smallest absolute Gasteiger partial charge is 0.338 e. The Morgan fingerprint density at radius 3 is 2.00 bits per heavy atom. The summed E-state index contributed by atoms with van der Waals surface area (Å²) in [5.74, 6) is -0.0770. The summed E-state index contributed by atoms with van der Waals surface area (Å²) >= 11 is 0. The van der Waals surface area contributed by atoms with Crippen LogP contribution < -0.4 is 4.74 Å². The molecule has 0 saturated carbocycles. The number of hydrogen-bond acceptors (Lipinski definition) is 6. The van der Waals surface area contributed by atoms with Crippen molar-refractivity contribution in [2.45, 2.75) is 46.0 Å². The summed E-state index contributed by atoms with van der Waals surface area (Å²) in [6, 6.07) is 13.6. The lowest BCUT2D eigenvalue weighted by molar-refractivity contribution is -0.134. The number of nitrogens with zero attached hydrogens (tertiary/aromatic N) is 2. The molecule has 0 unspecified atom stereocenters. The second kappa shape index (κ2) is 11.6. The number of hydrogen-bond donors (Lipinski definition) is 0. The Kier molecular flexibility index (Phi) is 8.85. The molecule has 0 aromatic heterocycles. The molecule has 6 nitrogen and oxygen atoms in total. The Morgan fingerprint density at radius 2 is 1.43 bits per heavy atom. The highest BCUT2D eigenvalue weighted by atomic mass is 16.5. The molecule has 0 saturated heterocycles. The fraction of sp³-hybridized carbons (Fsp3) is 0.364. The maximum absolute atomic E-state index is 11.8. The highest BCUT2D eigenvalue weighted by Gasteiger charge is 2.06. The number of esters is 2. The third kappa shape index (κ3) is 7.31. The lowest BCUT2D eigenvalue weighted by Gasteiger charge is -2.04. The minimum absolute atomic E-state index is 0.216. The molecule has 6 heteroatoms. The molecule has 2 rings (SSSR count). The molecular weight excluding hydrogens is 356 g/mol. The molecule has 0 fully saturated rings. The average Bonchev–Trinajstić information content (AvgIpc) is 2.71. The number of ether oxygens (including phenoxy) is 2. The maximum atomic E-state index is 11.8. The Balaban J connectivity index is 1.86. The minimum atomic E-state index is -0.360. The Labute approximate surface area is 165 Å². The van der Waals surface area contributed by atoms with Crippen molar-refractivity contribution < 1.29 is 19.1 Å². The van der Waals surface area contributed by atoms with Gasteiger partial charge in [-0.25, -0.2) is 4.79 Å². The largest absolute Gasteiger partial charge is 0.462 e. The molecule has 2 aromatic carbocycles. The van der Waals surface area contributed by atoms with Gasteiger partial charge in [-0.05, 0) is 61.9 Å². The zero-order valence-corrected chi connectivity index (χ0v) is 16.4. The number of azo groups is 1. The van der Waals surface area contributed by atoms with Crippen LogP contribution in [0.1, 0.15) is 56.3 Å². The van der Waals surface area contributed by atoms with E-state index in [-0.39, 0.29) is 11.9 Å². The molecule has 0 atom stereocenters. The van der Waals surface area contributed by atoms with E-state index in [2.05, 4.69) is 17.2 Å². The van der Waals surface area contributed by atoms with Crippen molar-refractivity contribution in [3.63, 3.8) is 0 Å². The first-order valence-electron chi connectivity index (χ1n) is 9.62. The molecule has 28 heavy (non-hydrogen) atoms. The van der Waals surface area contributed by atoms with E-state index in [4.69, 9.17) is 9.47 Å². The van der Waals surface area contributed by atoms with Gasteiger partial charge in [0, 0.05) is 6.42 Å². The normalized spacial score (nSPS) is 10.8. The van der Waals surface area contributed by atoms with Gasteiger partial charge in [0.2, 0.25) is 0 Å². The minimum Gasteiger partial charge on any atom is -0.462 e. The van der Waals surface area contributed by atoms with E-state index in [0.717, 1.165) is 25.7 Å². The van der Waals surface area contributed by atoms with Gasteiger partial charge < -0.3 is 9.47 Å². The summed E-state index contributed by atoms with van der Waals surface area (Å²) in [7, 11) is 0. The first-order valence-corrected chi connectivity index (χ1v) is 9.62. The molecular formula is C22H26N2O4. The van der Waals surface area contributed by atoms with Crippen molar-refractivity contribution in [3.8, 4) is 5.75 Å². The molecule has 0 bridgehead atoms. The standard InChI is InChI=1S/C22H26N2O4/c1-3-5-6-7-8-21(25)28-20-15-13-19(14-16-20)24-23-18-11-9-17(10-12-18)22(26)27-4-2/h9-16H,3-8H2,1-2H3. The van der Waals surface area contributed by atoms with E-state index in [1.54, 1.807) is 55.5 Å². The average molecular weight is 382 g/mol. The second-order valence-electron chi connectivity index (χ2n) is 6.25. The van der Waals surface area contributed by atoms with Crippen molar-refractivity contribution >= 4 is 23.3 Å². The van der Waals surface area contributed by atoms with Gasteiger partial charge in [0.15, 0.2) is 0 Å². The zero-order chi connectivity index (χ0) is 20.2. The summed E-state index contributed by atoms with van der Waals surface area (Å²) in [4.78, 5) is 23.4. The highest BCUT2D eigenvalue weighted by molar-refractivity contribution is 5.89. The van der Waals surface area contributed by atoms with E-state index in [9.17, 15) is 9.59 Å². The van der Waals surface area contributed by atoms with E-state index in [0.29, 0.717) is 35.7 Å². The SMILES string of the molecule is CCCCCCC(=O)Oc1ccc(N=Nc2ccc(C(=O)OCC)cc2)cc1. The van der Waals surface area contributed by atoms with Gasteiger partial charge in [-0.15, -0.1) is 0 Å². The number of unbranched alkanes of at least 4 members (excludes halogenated alkanes) is 3. The first-order chi connectivity index (χ1) is 13.6. The van der Waals surface area contributed by atoms with Crippen LogP contribution in [-0.2, 0) is 9.53 Å². The Morgan fingerprint density at radius 1 is 0.821 bits per heavy atom. The van der Waals surface area contributed by atoms with Crippen molar-refractivity contribution in [2.24, 2.45) is 10.2 Å². The molecule has 0 amide bonds. The van der Waals surface area contributed by atoms with Crippen LogP contribution in [-0.4, -0.2) is 18.5 Å². The van der Waals surface area contributed by atoms with E-state index in [1.807, 2.05) is 0 Å². The number of carbonyl (C=O) groups excluding carboxylic acids is 2. The number of benzene rings is 2. The maximum Gasteiger partial charge on any atom is 0.338 e. The van der Waals surface area contributed by atoms with Crippen LogP contribution in [0.3, 0.4) is 0 Å². The van der Waals surface area contributed by atoms with Crippen LogP contribution in [0.25, 0.3) is 0 Å². The van der Waals surface area contributed by atoms with Gasteiger partial charge in [0.1, 0.15) is 5.75 Å². The van der Waals surface area contributed by atoms with Crippen molar-refractivity contribution in [1.29, 1.82) is 0 Å². The molecule has 148 valence electrons. The predicted molar refractivity (Wildman–Crippen MR) is 107 cm³/mol. The zero-order valence-electron chi connectivity index (χ0n) is 16.4. The Hall–Kier alpha value is -3.02. The lowest BCUT2D eigenvalue weighted by atomic mass is 10.1. The quantitative estimate of drug-likeness (QED) is 0.213. The van der Waals surface area contributed by atoms with Crippen molar-refractivity contribution in [3.05, 3.63) is 54.1 Å². The molecule has 0 N–H and O–H groups in total. The molecule has 0 aliphatic heterocycles. The summed E-state index contributed by atoms with van der Waals surface area (Å²) in [6.07, 6.45) is 4.61. The van der Waals surface area contributed by atoms with Crippen molar-refractivity contribution in [2.75, 3.05) is 6.61 Å². The summed E-state index contributed by atoms with van der Waals surface area (Å²) in [5.41, 5.74) is 1.73. The number of rotatable bonds is 10. The molecule has 2 aromatic rings. The Bertz CT molecular complexity index is 783. The molecule has 0 aliphatic carbocycles. The summed E-state index contributed by atoms with van der Waals surface area (Å²) < 4.78 is 10.3. The van der Waals surface area contributed by atoms with Crippen molar-refractivity contribution in [1.82, 2.24) is 0 Å². The summed E-state index contributed by atoms with van der Waals surface area (Å²) in [6.45, 7) is 4.24. The van der Waals surface area contributed by atoms with E-state index < -0.39 is 0 Å². The van der Waals surface area contributed by atoms with Gasteiger partial charge in [-0.1, -0.05) is 26.2 Å². The molecule has 0 aliphatic rings. The highest BCUT2D eigenvalue weighted by Crippen LogP contribution is 2.22. The van der Waals surface area contributed by atoms with Gasteiger partial charge in [0.05, 0.1) is 23.5 Å². The van der Waals surface area contributed by atoms with Gasteiger partial charge >= 0.3 is 11.9 Å². The topological polar surface area (TPSA) is 77.3 Å². The van der Waals surface area contributed by atoms with E-state index >= 15 is 0 Å². The van der Waals surface area contributed by atoms with E-state index in [1.165, 1.54) is 0 Å². The van der Waals surface area contributed by atoms with Gasteiger partial charge in [-0.3, -0.25) is 4.79 Å². The van der Waals surface area contributed by atoms with Gasteiger partial charge in [-0.2, -0.15) is 10.2 Å². The molecule has 0 radical (unpaired) electrons. The third-order valence-corrected chi connectivity index (χ3v) is 3.96. The van der Waals surface area contributed by atoms with Gasteiger partial charge in [0.25, 0.3) is 0 Å². The van der Waals surface area contributed by atoms with Crippen LogP contribution >= 0.6 is 0 Å². The second-order valence-corrected chi connectivity index (χ2v) is 6.25. The van der Waals surface area contributed by atoms with Crippen LogP contribution in [0.4, 0.5) is 11.4 Å². The van der Waals surface area contributed by atoms with Crippen LogP contribution in [0.15, 0.2) is 58.8 Å². The third-order valence-electron chi connectivity index (χ3n) is 3.96. The van der Waals surface area contributed by atoms with Crippen LogP contribution in [0, 0.1) is 0 Å². The fourth-order valence-electron chi connectivity index (χ4n) is 2.45. The van der Waals surface area contributed by atoms with Crippen LogP contribution in [0.5, 0.6) is 5.75 Å².